The van der Waals surface area contributed by atoms with Gasteiger partial charge in [0.15, 0.2) is 0 Å². The number of rotatable bonds is 5. The van der Waals surface area contributed by atoms with Gasteiger partial charge in [0.2, 0.25) is 0 Å². The molecule has 7 heteroatoms. The van der Waals surface area contributed by atoms with Crippen LogP contribution in [0, 0.1) is 6.92 Å². The van der Waals surface area contributed by atoms with Crippen molar-refractivity contribution in [3.05, 3.63) is 84.6 Å². The highest BCUT2D eigenvalue weighted by atomic mass is 19.3. The molecule has 0 spiro atoms. The van der Waals surface area contributed by atoms with Crippen LogP contribution in [0.15, 0.2) is 78.9 Å². The van der Waals surface area contributed by atoms with E-state index in [1.807, 2.05) is 49.4 Å². The van der Waals surface area contributed by atoms with Gasteiger partial charge in [0.25, 0.3) is 0 Å². The van der Waals surface area contributed by atoms with E-state index in [4.69, 9.17) is 0 Å². The molecule has 5 nitrogen and oxygen atoms in total. The Bertz CT molecular complexity index is 1230. The Hall–Kier alpha value is -4.00. The van der Waals surface area contributed by atoms with Crippen LogP contribution in [-0.2, 0) is 0 Å². The highest BCUT2D eigenvalue weighted by Gasteiger charge is 2.07. The minimum absolute atomic E-state index is 0.0226. The molecule has 0 fully saturated rings. The van der Waals surface area contributed by atoms with Crippen LogP contribution >= 0.6 is 0 Å². The maximum absolute atomic E-state index is 12.3. The molecule has 1 heterocycles. The fraction of sp³-hybridized carbons (Fsp3) is 0.0833. The molecule has 0 atom stereocenters. The van der Waals surface area contributed by atoms with Crippen LogP contribution in [0.5, 0.6) is 5.75 Å². The van der Waals surface area contributed by atoms with Crippen molar-refractivity contribution >= 4 is 28.3 Å². The van der Waals surface area contributed by atoms with Gasteiger partial charge in [-0.05, 0) is 72.6 Å². The average Bonchev–Trinajstić information content (AvgIpc) is 2.74. The van der Waals surface area contributed by atoms with Gasteiger partial charge >= 0.3 is 12.6 Å². The van der Waals surface area contributed by atoms with E-state index in [1.165, 1.54) is 24.3 Å². The number of aromatic nitrogens is 1. The monoisotopic (exact) mass is 419 g/mol. The number of pyridine rings is 1. The number of alkyl halides is 2. The first-order valence-electron chi connectivity index (χ1n) is 9.57. The summed E-state index contributed by atoms with van der Waals surface area (Å²) in [5.74, 6) is 0.0226. The molecule has 2 amide bonds. The molecule has 0 unspecified atom stereocenters. The summed E-state index contributed by atoms with van der Waals surface area (Å²) in [7, 11) is 0. The number of nitrogens with zero attached hydrogens (tertiary/aromatic N) is 1. The molecule has 0 bridgehead atoms. The first kappa shape index (κ1) is 20.3. The molecule has 0 radical (unpaired) electrons. The zero-order valence-corrected chi connectivity index (χ0v) is 16.6. The summed E-state index contributed by atoms with van der Waals surface area (Å²) in [6.45, 7) is -0.934. The first-order chi connectivity index (χ1) is 15.0. The molecule has 2 N–H and O–H groups in total. The third-order valence-corrected chi connectivity index (χ3v) is 4.62. The van der Waals surface area contributed by atoms with Crippen LogP contribution in [0.4, 0.5) is 25.0 Å². The Kier molecular flexibility index (Phi) is 5.75. The summed E-state index contributed by atoms with van der Waals surface area (Å²) >= 11 is 0. The van der Waals surface area contributed by atoms with E-state index >= 15 is 0 Å². The molecule has 0 saturated carbocycles. The first-order valence-corrected chi connectivity index (χ1v) is 9.57. The summed E-state index contributed by atoms with van der Waals surface area (Å²) in [4.78, 5) is 16.8. The fourth-order valence-corrected chi connectivity index (χ4v) is 3.20. The predicted molar refractivity (Wildman–Crippen MR) is 118 cm³/mol. The van der Waals surface area contributed by atoms with E-state index in [9.17, 15) is 13.6 Å². The van der Waals surface area contributed by atoms with E-state index in [0.717, 1.165) is 27.7 Å². The predicted octanol–water partition coefficient (Wildman–Crippen LogP) is 6.46. The highest BCUT2D eigenvalue weighted by Crippen LogP contribution is 2.26. The standard InChI is InChI=1S/C24H19F2N3O2/c1-15-5-6-18-13-17(7-12-22(18)27-15)16-3-2-4-20(14-16)29-24(30)28-19-8-10-21(11-9-19)31-23(25)26/h2-14,23H,1H3,(H2,28,29,30). The van der Waals surface area contributed by atoms with Gasteiger partial charge in [-0.2, -0.15) is 8.78 Å². The van der Waals surface area contributed by atoms with Gasteiger partial charge in [-0.1, -0.05) is 24.3 Å². The third kappa shape index (κ3) is 5.14. The number of fused-ring (bicyclic) bond motifs is 1. The van der Waals surface area contributed by atoms with E-state index in [1.54, 1.807) is 6.07 Å². The largest absolute Gasteiger partial charge is 0.435 e. The van der Waals surface area contributed by atoms with Crippen LogP contribution in [0.1, 0.15) is 5.69 Å². The Labute approximate surface area is 177 Å². The number of urea groups is 1. The lowest BCUT2D eigenvalue weighted by molar-refractivity contribution is -0.0498. The second kappa shape index (κ2) is 8.79. The van der Waals surface area contributed by atoms with Crippen molar-refractivity contribution in [2.24, 2.45) is 0 Å². The molecular weight excluding hydrogens is 400 g/mol. The van der Waals surface area contributed by atoms with Crippen molar-refractivity contribution in [1.29, 1.82) is 0 Å². The fourth-order valence-electron chi connectivity index (χ4n) is 3.20. The SMILES string of the molecule is Cc1ccc2cc(-c3cccc(NC(=O)Nc4ccc(OC(F)F)cc4)c3)ccc2n1. The number of aryl methyl sites for hydroxylation is 1. The number of carbonyl (C=O) groups excluding carboxylic acids is 1. The van der Waals surface area contributed by atoms with Gasteiger partial charge in [-0.3, -0.25) is 4.98 Å². The summed E-state index contributed by atoms with van der Waals surface area (Å²) in [5, 5.41) is 6.48. The van der Waals surface area contributed by atoms with Gasteiger partial charge < -0.3 is 15.4 Å². The second-order valence-corrected chi connectivity index (χ2v) is 6.92. The lowest BCUT2D eigenvalue weighted by Crippen LogP contribution is -2.19. The molecule has 0 aliphatic carbocycles. The number of nitrogens with one attached hydrogen (secondary N) is 2. The minimum Gasteiger partial charge on any atom is -0.435 e. The Morgan fingerprint density at radius 1 is 0.871 bits per heavy atom. The lowest BCUT2D eigenvalue weighted by atomic mass is 10.0. The third-order valence-electron chi connectivity index (χ3n) is 4.62. The van der Waals surface area contributed by atoms with Crippen LogP contribution in [-0.4, -0.2) is 17.6 Å². The molecular formula is C24H19F2N3O2. The van der Waals surface area contributed by atoms with Crippen molar-refractivity contribution in [1.82, 2.24) is 4.98 Å². The van der Waals surface area contributed by atoms with Gasteiger partial charge in [-0.25, -0.2) is 4.79 Å². The van der Waals surface area contributed by atoms with Crippen molar-refractivity contribution < 1.29 is 18.3 Å². The zero-order valence-electron chi connectivity index (χ0n) is 16.6. The van der Waals surface area contributed by atoms with Crippen LogP contribution in [0.3, 0.4) is 0 Å². The number of hydrogen-bond donors (Lipinski definition) is 2. The number of amides is 2. The topological polar surface area (TPSA) is 63.2 Å². The van der Waals surface area contributed by atoms with Gasteiger partial charge in [-0.15, -0.1) is 0 Å². The Morgan fingerprint density at radius 3 is 2.39 bits per heavy atom. The normalized spacial score (nSPS) is 10.8. The number of ether oxygens (including phenoxy) is 1. The number of anilines is 2. The maximum atomic E-state index is 12.3. The quantitative estimate of drug-likeness (QED) is 0.390. The zero-order chi connectivity index (χ0) is 21.8. The summed E-state index contributed by atoms with van der Waals surface area (Å²) in [6.07, 6.45) is 0. The number of carbonyl (C=O) groups is 1. The van der Waals surface area contributed by atoms with E-state index in [0.29, 0.717) is 11.4 Å². The van der Waals surface area contributed by atoms with E-state index in [-0.39, 0.29) is 5.75 Å². The summed E-state index contributed by atoms with van der Waals surface area (Å²) < 4.78 is 28.7. The van der Waals surface area contributed by atoms with Crippen molar-refractivity contribution in [2.45, 2.75) is 13.5 Å². The molecule has 0 saturated heterocycles. The second-order valence-electron chi connectivity index (χ2n) is 6.92. The molecule has 4 aromatic rings. The van der Waals surface area contributed by atoms with Crippen molar-refractivity contribution in [3.8, 4) is 16.9 Å². The molecule has 1 aromatic heterocycles. The van der Waals surface area contributed by atoms with Crippen LogP contribution in [0.25, 0.3) is 22.0 Å². The smallest absolute Gasteiger partial charge is 0.387 e. The molecule has 156 valence electrons. The lowest BCUT2D eigenvalue weighted by Gasteiger charge is -2.10. The van der Waals surface area contributed by atoms with Crippen LogP contribution < -0.4 is 15.4 Å². The van der Waals surface area contributed by atoms with Gasteiger partial charge in [0.05, 0.1) is 5.52 Å². The van der Waals surface area contributed by atoms with Crippen LogP contribution in [0.2, 0.25) is 0 Å². The molecule has 0 aliphatic rings. The molecule has 0 aliphatic heterocycles. The van der Waals surface area contributed by atoms with Crippen molar-refractivity contribution in [2.75, 3.05) is 10.6 Å². The van der Waals surface area contributed by atoms with E-state index < -0.39 is 12.6 Å². The van der Waals surface area contributed by atoms with E-state index in [2.05, 4.69) is 26.4 Å². The maximum Gasteiger partial charge on any atom is 0.387 e. The summed E-state index contributed by atoms with van der Waals surface area (Å²) in [6, 6.07) is 22.8. The molecule has 3 aromatic carbocycles. The molecule has 4 rings (SSSR count). The Morgan fingerprint density at radius 2 is 1.61 bits per heavy atom. The molecule has 31 heavy (non-hydrogen) atoms. The number of hydrogen-bond acceptors (Lipinski definition) is 3. The number of halogens is 2. The minimum atomic E-state index is -2.89. The van der Waals surface area contributed by atoms with Gasteiger partial charge in [0.1, 0.15) is 5.75 Å². The average molecular weight is 419 g/mol. The Balaban J connectivity index is 1.46. The van der Waals surface area contributed by atoms with Gasteiger partial charge in [0, 0.05) is 22.5 Å². The highest BCUT2D eigenvalue weighted by molar-refractivity contribution is 6.00. The summed E-state index contributed by atoms with van der Waals surface area (Å²) in [5.41, 5.74) is 4.93. The number of benzene rings is 3. The van der Waals surface area contributed by atoms with Crippen molar-refractivity contribution in [3.63, 3.8) is 0 Å².